The zero-order chi connectivity index (χ0) is 61.2. The summed E-state index contributed by atoms with van der Waals surface area (Å²) in [5, 5.41) is 34.4. The third-order valence-corrected chi connectivity index (χ3v) is 20.5. The molecule has 10 heteroatoms. The number of phenolic OH excluding ortho intramolecular Hbond substituents is 3. The van der Waals surface area contributed by atoms with Gasteiger partial charge in [-0.2, -0.15) is 0 Å². The van der Waals surface area contributed by atoms with E-state index in [1.165, 1.54) is 0 Å². The molecule has 0 saturated carbocycles. The molecule has 82 heavy (non-hydrogen) atoms. The monoisotopic (exact) mass is 1180 g/mol. The second kappa shape index (κ2) is 23.4. The van der Waals surface area contributed by atoms with Crippen LogP contribution in [0.25, 0.3) is 0 Å². The third kappa shape index (κ3) is 14.5. The van der Waals surface area contributed by atoms with Crippen molar-refractivity contribution in [1.29, 1.82) is 0 Å². The molecule has 7 rings (SSSR count). The number of aryl methyl sites for hydroxylation is 6. The molecule has 0 aliphatic carbocycles. The van der Waals surface area contributed by atoms with Gasteiger partial charge in [-0.05, 0) is 192 Å². The van der Waals surface area contributed by atoms with Crippen LogP contribution in [0.1, 0.15) is 191 Å². The fourth-order valence-corrected chi connectivity index (χ4v) is 15.4. The van der Waals surface area contributed by atoms with Crippen LogP contribution in [0.2, 0.25) is 0 Å². The molecule has 0 unspecified atom stereocenters. The Morgan fingerprint density at radius 1 is 0.305 bits per heavy atom. The van der Waals surface area contributed by atoms with Crippen LogP contribution in [0, 0.1) is 41.5 Å². The SMILES string of the molecule is Cc1cc(O[P+](Oc2cc(C)c(Sc3cc(C)c(O)c(C(C)(C)C)c3)cc2C(C)(C)C)(Oc2cc(C)c(Sc3cc(C)c(O)c(C(C)(C)C)c3)cc2C(C)(C)C)c2ccccc2)c(C(C)(C)C)cc1Sc1cc(C)c(O)c(C(C)(C)C)c1. The highest BCUT2D eigenvalue weighted by Gasteiger charge is 2.56. The molecular formula is C72H92O6PS3+. The van der Waals surface area contributed by atoms with E-state index in [0.717, 1.165) is 101 Å². The molecule has 0 fully saturated rings. The highest BCUT2D eigenvalue weighted by molar-refractivity contribution is 8.00. The van der Waals surface area contributed by atoms with Crippen LogP contribution < -0.4 is 18.9 Å². The molecule has 0 heterocycles. The zero-order valence-corrected chi connectivity index (χ0v) is 56.9. The van der Waals surface area contributed by atoms with Crippen LogP contribution in [0.15, 0.2) is 133 Å². The number of rotatable bonds is 13. The van der Waals surface area contributed by atoms with Gasteiger partial charge in [-0.3, -0.25) is 13.6 Å². The minimum atomic E-state index is -3.82. The Kier molecular flexibility index (Phi) is 18.3. The van der Waals surface area contributed by atoms with E-state index in [4.69, 9.17) is 13.6 Å². The maximum Gasteiger partial charge on any atom is 0.580 e. The second-order valence-electron chi connectivity index (χ2n) is 28.7. The first-order valence-corrected chi connectivity index (χ1v) is 32.6. The molecule has 0 aliphatic heterocycles. The van der Waals surface area contributed by atoms with Gasteiger partial charge in [0.1, 0.15) is 17.2 Å². The number of phenols is 3. The minimum Gasteiger partial charge on any atom is -0.507 e. The molecular weight excluding hydrogens is 1090 g/mol. The predicted molar refractivity (Wildman–Crippen MR) is 352 cm³/mol. The normalized spacial score (nSPS) is 12.9. The lowest BCUT2D eigenvalue weighted by Gasteiger charge is -2.31. The molecule has 0 amide bonds. The van der Waals surface area contributed by atoms with Crippen LogP contribution in [-0.2, 0) is 32.5 Å². The molecule has 438 valence electrons. The zero-order valence-electron chi connectivity index (χ0n) is 53.6. The Hall–Kier alpha value is -5.18. The third-order valence-electron chi connectivity index (χ3n) is 14.9. The Morgan fingerprint density at radius 3 is 0.780 bits per heavy atom. The van der Waals surface area contributed by atoms with Gasteiger partial charge in [0.25, 0.3) is 0 Å². The van der Waals surface area contributed by atoms with E-state index >= 15 is 0 Å². The van der Waals surface area contributed by atoms with Gasteiger partial charge >= 0.3 is 7.94 Å². The van der Waals surface area contributed by atoms with Crippen molar-refractivity contribution in [2.45, 2.75) is 228 Å². The lowest BCUT2D eigenvalue weighted by molar-refractivity contribution is 0.354. The average molecular weight is 1180 g/mol. The van der Waals surface area contributed by atoms with Crippen molar-refractivity contribution in [3.05, 3.63) is 170 Å². The van der Waals surface area contributed by atoms with Gasteiger partial charge in [-0.25, -0.2) is 0 Å². The van der Waals surface area contributed by atoms with Crippen molar-refractivity contribution in [3.8, 4) is 34.5 Å². The Morgan fingerprint density at radius 2 is 0.549 bits per heavy atom. The quantitative estimate of drug-likeness (QED) is 0.0977. The van der Waals surface area contributed by atoms with E-state index in [9.17, 15) is 15.3 Å². The molecule has 0 saturated heterocycles. The van der Waals surface area contributed by atoms with Crippen molar-refractivity contribution < 1.29 is 28.9 Å². The first-order valence-electron chi connectivity index (χ1n) is 28.6. The second-order valence-corrected chi connectivity index (χ2v) is 34.1. The van der Waals surface area contributed by atoms with Crippen LogP contribution in [-0.4, -0.2) is 15.3 Å². The van der Waals surface area contributed by atoms with Gasteiger partial charge in [0, 0.05) is 62.8 Å². The average Bonchev–Trinajstić information content (AvgIpc) is 3.32. The minimum absolute atomic E-state index is 0.252. The molecule has 0 atom stereocenters. The molecule has 0 radical (unpaired) electrons. The van der Waals surface area contributed by atoms with Crippen molar-refractivity contribution >= 4 is 48.5 Å². The smallest absolute Gasteiger partial charge is 0.507 e. The summed E-state index contributed by atoms with van der Waals surface area (Å²) in [4.78, 5) is 6.42. The lowest BCUT2D eigenvalue weighted by Crippen LogP contribution is -2.29. The summed E-state index contributed by atoms with van der Waals surface area (Å²) in [5.74, 6) is 3.03. The standard InChI is InChI=1S/C72H91O6PS3/c1-42-33-58(52(67(7,8)9)39-61(42)80-49-30-45(4)64(73)55(36-49)70(16,17)18)76-79(48-28-26-25-27-29-48,77-59-34-43(2)62(40-53(59)68(10,11)12)81-50-31-46(5)65(74)56(37-50)71(19,20)21)78-60-35-44(3)63(41-54(60)69(13,14)15)82-51-32-47(6)66(75)57(38-51)72(22,23)24/h25-41H,1-24H3,(H2-,73,74,75)/p+1. The van der Waals surface area contributed by atoms with Crippen LogP contribution >= 0.6 is 43.2 Å². The van der Waals surface area contributed by atoms with E-state index in [-0.39, 0.29) is 16.2 Å². The van der Waals surface area contributed by atoms with Gasteiger partial charge < -0.3 is 15.3 Å². The number of hydrogen-bond donors (Lipinski definition) is 3. The van der Waals surface area contributed by atoms with Crippen molar-refractivity contribution in [2.24, 2.45) is 0 Å². The van der Waals surface area contributed by atoms with E-state index in [0.29, 0.717) is 34.5 Å². The summed E-state index contributed by atoms with van der Waals surface area (Å²) in [7, 11) is -3.82. The Balaban J connectivity index is 1.49. The summed E-state index contributed by atoms with van der Waals surface area (Å²) < 4.78 is 23.7. The summed E-state index contributed by atoms with van der Waals surface area (Å²) >= 11 is 5.10. The van der Waals surface area contributed by atoms with E-state index in [2.05, 4.69) is 230 Å². The summed E-state index contributed by atoms with van der Waals surface area (Å²) in [5.41, 5.74) is 9.40. The summed E-state index contributed by atoms with van der Waals surface area (Å²) in [6.07, 6.45) is 0. The largest absolute Gasteiger partial charge is 0.580 e. The molecule has 7 aromatic rings. The molecule has 6 nitrogen and oxygen atoms in total. The van der Waals surface area contributed by atoms with Gasteiger partial charge in [0.15, 0.2) is 17.2 Å². The van der Waals surface area contributed by atoms with Crippen molar-refractivity contribution in [3.63, 3.8) is 0 Å². The maximum atomic E-state index is 11.2. The first-order chi connectivity index (χ1) is 37.6. The lowest BCUT2D eigenvalue weighted by atomic mass is 9.85. The van der Waals surface area contributed by atoms with Crippen LogP contribution in [0.3, 0.4) is 0 Å². The van der Waals surface area contributed by atoms with E-state index in [1.54, 1.807) is 35.3 Å². The van der Waals surface area contributed by atoms with Crippen LogP contribution in [0.4, 0.5) is 0 Å². The maximum absolute atomic E-state index is 11.2. The van der Waals surface area contributed by atoms with Gasteiger partial charge in [0.05, 0.1) is 0 Å². The number of hydrogen-bond acceptors (Lipinski definition) is 9. The Labute approximate surface area is 506 Å². The molecule has 0 aliphatic rings. The highest BCUT2D eigenvalue weighted by Crippen LogP contribution is 2.63. The molecule has 0 bridgehead atoms. The summed E-state index contributed by atoms with van der Waals surface area (Å²) in [6, 6.07) is 36.1. The number of aromatic hydroxyl groups is 3. The van der Waals surface area contributed by atoms with Crippen molar-refractivity contribution in [1.82, 2.24) is 0 Å². The molecule has 0 spiro atoms. The fourth-order valence-electron chi connectivity index (χ4n) is 10.0. The summed E-state index contributed by atoms with van der Waals surface area (Å²) in [6.45, 7) is 51.6. The number of benzene rings is 7. The Bertz CT molecular complexity index is 3180. The van der Waals surface area contributed by atoms with Gasteiger partial charge in [-0.1, -0.05) is 178 Å². The van der Waals surface area contributed by atoms with E-state index in [1.807, 2.05) is 39.0 Å². The molecule has 3 N–H and O–H groups in total. The van der Waals surface area contributed by atoms with Crippen molar-refractivity contribution in [2.75, 3.05) is 0 Å². The fraction of sp³-hybridized carbons (Fsp3) is 0.417. The highest BCUT2D eigenvalue weighted by atomic mass is 32.2. The van der Waals surface area contributed by atoms with Crippen LogP contribution in [0.5, 0.6) is 34.5 Å². The topological polar surface area (TPSA) is 88.4 Å². The van der Waals surface area contributed by atoms with E-state index < -0.39 is 24.2 Å². The predicted octanol–water partition coefficient (Wildman–Crippen LogP) is 21.5. The first kappa shape index (κ1) is 64.4. The molecule has 7 aromatic carbocycles. The van der Waals surface area contributed by atoms with Gasteiger partial charge in [-0.15, -0.1) is 0 Å². The van der Waals surface area contributed by atoms with Gasteiger partial charge in [0.2, 0.25) is 5.30 Å². The molecule has 0 aromatic heterocycles.